The second-order valence-electron chi connectivity index (χ2n) is 10.7. The Morgan fingerprint density at radius 2 is 1.78 bits per heavy atom. The normalized spacial score (nSPS) is 48.6. The molecule has 27 heavy (non-hydrogen) atoms. The molecule has 2 N–H and O–H groups in total. The van der Waals surface area contributed by atoms with E-state index >= 15 is 0 Å². The summed E-state index contributed by atoms with van der Waals surface area (Å²) in [7, 11) is 0. The van der Waals surface area contributed by atoms with Gasteiger partial charge in [0.1, 0.15) is 0 Å². The first-order valence-electron chi connectivity index (χ1n) is 10.7. The first-order valence-corrected chi connectivity index (χ1v) is 10.7. The van der Waals surface area contributed by atoms with Crippen molar-refractivity contribution in [1.29, 1.82) is 0 Å². The lowest BCUT2D eigenvalue weighted by atomic mass is 9.36. The molecular formula is C23H34O4. The van der Waals surface area contributed by atoms with Gasteiger partial charge in [0, 0.05) is 5.41 Å². The van der Waals surface area contributed by atoms with Crippen molar-refractivity contribution < 1.29 is 19.8 Å². The maximum Gasteiger partial charge on any atom is 0.309 e. The number of aliphatic carboxylic acids is 2. The SMILES string of the molecule is CC(C)C1=C[C@@]23CC[C@@H]4[C@](C)(CCC[C@@]4(C)C(=O)O)[C@H]2C[C@@H]1C[C@H]3C(=O)O. The highest BCUT2D eigenvalue weighted by molar-refractivity contribution is 5.75. The van der Waals surface area contributed by atoms with E-state index in [1.54, 1.807) is 0 Å². The number of fused-ring (bicyclic) bond motifs is 2. The van der Waals surface area contributed by atoms with E-state index in [-0.39, 0.29) is 22.7 Å². The molecule has 0 aromatic rings. The number of carboxylic acid groups (broad SMARTS) is 2. The van der Waals surface area contributed by atoms with Crippen molar-refractivity contribution in [3.05, 3.63) is 11.6 Å². The average molecular weight is 375 g/mol. The average Bonchev–Trinajstić information content (AvgIpc) is 2.60. The fourth-order valence-electron chi connectivity index (χ4n) is 8.15. The minimum Gasteiger partial charge on any atom is -0.481 e. The second kappa shape index (κ2) is 5.84. The molecule has 5 aliphatic rings. The van der Waals surface area contributed by atoms with Gasteiger partial charge in [-0.25, -0.2) is 0 Å². The lowest BCUT2D eigenvalue weighted by Crippen LogP contribution is -2.63. The summed E-state index contributed by atoms with van der Waals surface area (Å²) in [6.07, 6.45) is 8.60. The fourth-order valence-corrected chi connectivity index (χ4v) is 8.15. The fraction of sp³-hybridized carbons (Fsp3) is 0.826. The smallest absolute Gasteiger partial charge is 0.309 e. The Balaban J connectivity index is 1.83. The third kappa shape index (κ3) is 2.34. The van der Waals surface area contributed by atoms with Gasteiger partial charge in [-0.3, -0.25) is 9.59 Å². The van der Waals surface area contributed by atoms with Crippen LogP contribution in [0.3, 0.4) is 0 Å². The van der Waals surface area contributed by atoms with Crippen LogP contribution in [0.15, 0.2) is 11.6 Å². The van der Waals surface area contributed by atoms with Gasteiger partial charge in [-0.05, 0) is 74.5 Å². The largest absolute Gasteiger partial charge is 0.481 e. The highest BCUT2D eigenvalue weighted by Crippen LogP contribution is 2.72. The van der Waals surface area contributed by atoms with Gasteiger partial charge in [0.15, 0.2) is 0 Å². The Kier molecular flexibility index (Phi) is 4.11. The van der Waals surface area contributed by atoms with Crippen LogP contribution in [-0.2, 0) is 9.59 Å². The van der Waals surface area contributed by atoms with Gasteiger partial charge in [-0.2, -0.15) is 0 Å². The van der Waals surface area contributed by atoms with Gasteiger partial charge in [0.05, 0.1) is 11.3 Å². The lowest BCUT2D eigenvalue weighted by molar-refractivity contribution is -0.195. The van der Waals surface area contributed by atoms with E-state index in [2.05, 4.69) is 26.8 Å². The minimum atomic E-state index is -0.672. The highest BCUT2D eigenvalue weighted by atomic mass is 16.4. The zero-order chi connectivity index (χ0) is 19.8. The summed E-state index contributed by atoms with van der Waals surface area (Å²) < 4.78 is 0. The molecule has 3 fully saturated rings. The van der Waals surface area contributed by atoms with Gasteiger partial charge in [0.2, 0.25) is 0 Å². The van der Waals surface area contributed by atoms with Crippen molar-refractivity contribution in [2.75, 3.05) is 0 Å². The first kappa shape index (κ1) is 19.0. The van der Waals surface area contributed by atoms with E-state index in [1.165, 1.54) is 5.57 Å². The third-order valence-corrected chi connectivity index (χ3v) is 9.34. The van der Waals surface area contributed by atoms with E-state index < -0.39 is 17.4 Å². The monoisotopic (exact) mass is 374 g/mol. The molecule has 0 radical (unpaired) electrons. The van der Waals surface area contributed by atoms with E-state index in [4.69, 9.17) is 0 Å². The van der Waals surface area contributed by atoms with E-state index in [0.717, 1.165) is 44.9 Å². The molecule has 0 aromatic carbocycles. The summed E-state index contributed by atoms with van der Waals surface area (Å²) in [6.45, 7) is 8.69. The molecule has 0 unspecified atom stereocenters. The summed E-state index contributed by atoms with van der Waals surface area (Å²) in [5.74, 6) is -0.359. The van der Waals surface area contributed by atoms with E-state index in [9.17, 15) is 19.8 Å². The molecule has 1 spiro atoms. The molecule has 2 bridgehead atoms. The summed E-state index contributed by atoms with van der Waals surface area (Å²) in [5, 5.41) is 20.1. The third-order valence-electron chi connectivity index (χ3n) is 9.34. The Bertz CT molecular complexity index is 709. The van der Waals surface area contributed by atoms with Crippen LogP contribution in [0.5, 0.6) is 0 Å². The van der Waals surface area contributed by atoms with Crippen LogP contribution in [0, 0.1) is 45.8 Å². The highest BCUT2D eigenvalue weighted by Gasteiger charge is 2.67. The first-order chi connectivity index (χ1) is 12.6. The Labute approximate surface area is 162 Å². The standard InChI is InChI=1S/C23H34O4/c1-13(2)15-12-23-9-6-17-21(3,7-5-8-22(17,4)20(26)27)18(23)11-14(15)10-16(23)19(24)25/h12-14,16-18H,5-11H2,1-4H3,(H,24,25)(H,26,27)/t14-,16-,17+,18+,21-,22+,23+/m0/s1. The van der Waals surface area contributed by atoms with Crippen molar-refractivity contribution in [2.24, 2.45) is 45.8 Å². The Hall–Kier alpha value is -1.32. The molecule has 0 amide bonds. The zero-order valence-corrected chi connectivity index (χ0v) is 17.1. The molecule has 0 heterocycles. The van der Waals surface area contributed by atoms with Gasteiger partial charge < -0.3 is 10.2 Å². The van der Waals surface area contributed by atoms with Crippen molar-refractivity contribution in [3.8, 4) is 0 Å². The minimum absolute atomic E-state index is 0.0744. The number of rotatable bonds is 3. The molecule has 0 aliphatic heterocycles. The van der Waals surface area contributed by atoms with E-state index in [0.29, 0.717) is 17.8 Å². The quantitative estimate of drug-likeness (QED) is 0.683. The maximum atomic E-state index is 12.2. The van der Waals surface area contributed by atoms with Gasteiger partial charge in [-0.1, -0.05) is 38.8 Å². The molecule has 3 saturated carbocycles. The predicted molar refractivity (Wildman–Crippen MR) is 103 cm³/mol. The summed E-state index contributed by atoms with van der Waals surface area (Å²) in [6, 6.07) is 0. The number of hydrogen-bond acceptors (Lipinski definition) is 2. The molecule has 5 aliphatic carbocycles. The van der Waals surface area contributed by atoms with Crippen LogP contribution in [0.4, 0.5) is 0 Å². The summed E-state index contributed by atoms with van der Waals surface area (Å²) in [4.78, 5) is 24.4. The number of carbonyl (C=O) groups is 2. The van der Waals surface area contributed by atoms with Crippen LogP contribution >= 0.6 is 0 Å². The van der Waals surface area contributed by atoms with Crippen molar-refractivity contribution in [1.82, 2.24) is 0 Å². The molecule has 0 saturated heterocycles. The van der Waals surface area contributed by atoms with E-state index in [1.807, 2.05) is 6.92 Å². The predicted octanol–water partition coefficient (Wildman–Crippen LogP) is 4.99. The molecule has 7 atom stereocenters. The van der Waals surface area contributed by atoms with Crippen LogP contribution in [0.1, 0.15) is 72.6 Å². The van der Waals surface area contributed by atoms with Gasteiger partial charge in [0.25, 0.3) is 0 Å². The van der Waals surface area contributed by atoms with Crippen LogP contribution in [-0.4, -0.2) is 22.2 Å². The Morgan fingerprint density at radius 1 is 1.07 bits per heavy atom. The van der Waals surface area contributed by atoms with Crippen LogP contribution < -0.4 is 0 Å². The summed E-state index contributed by atoms with van der Waals surface area (Å²) in [5.41, 5.74) is 0.439. The van der Waals surface area contributed by atoms with Crippen molar-refractivity contribution >= 4 is 11.9 Å². The zero-order valence-electron chi connectivity index (χ0n) is 17.1. The Morgan fingerprint density at radius 3 is 2.37 bits per heavy atom. The molecule has 0 aromatic heterocycles. The topological polar surface area (TPSA) is 74.6 Å². The maximum absolute atomic E-state index is 12.2. The molecule has 4 heteroatoms. The molecule has 5 rings (SSSR count). The lowest BCUT2D eigenvalue weighted by Gasteiger charge is -2.67. The number of carboxylic acids is 2. The second-order valence-corrected chi connectivity index (χ2v) is 10.7. The summed E-state index contributed by atoms with van der Waals surface area (Å²) >= 11 is 0. The van der Waals surface area contributed by atoms with Crippen molar-refractivity contribution in [3.63, 3.8) is 0 Å². The number of allylic oxidation sites excluding steroid dienone is 2. The van der Waals surface area contributed by atoms with Crippen LogP contribution in [0.25, 0.3) is 0 Å². The molecular weight excluding hydrogens is 340 g/mol. The van der Waals surface area contributed by atoms with Gasteiger partial charge >= 0.3 is 11.9 Å². The molecule has 150 valence electrons. The van der Waals surface area contributed by atoms with Gasteiger partial charge in [-0.15, -0.1) is 0 Å². The van der Waals surface area contributed by atoms with Crippen LogP contribution in [0.2, 0.25) is 0 Å². The number of hydrogen-bond donors (Lipinski definition) is 2. The molecule has 4 nitrogen and oxygen atoms in total. The van der Waals surface area contributed by atoms with Crippen molar-refractivity contribution in [2.45, 2.75) is 72.6 Å².